The largest absolute Gasteiger partial charge is 0.444 e. The average molecular weight is 651 g/mol. The minimum atomic E-state index is -0.503. The highest BCUT2D eigenvalue weighted by Crippen LogP contribution is 2.59. The van der Waals surface area contributed by atoms with Crippen LogP contribution in [0.25, 0.3) is 33.5 Å². The molecule has 1 N–H and O–H groups in total. The van der Waals surface area contributed by atoms with Crippen molar-refractivity contribution in [2.75, 3.05) is 6.54 Å². The van der Waals surface area contributed by atoms with Crippen LogP contribution in [0.1, 0.15) is 112 Å². The monoisotopic (exact) mass is 650 g/mol. The number of imidazole rings is 1. The molecule has 49 heavy (non-hydrogen) atoms. The third-order valence-electron chi connectivity index (χ3n) is 12.6. The van der Waals surface area contributed by atoms with Crippen molar-refractivity contribution in [1.29, 1.82) is 0 Å². The van der Waals surface area contributed by atoms with Crippen molar-refractivity contribution in [2.24, 2.45) is 16.8 Å². The van der Waals surface area contributed by atoms with Crippen molar-refractivity contribution in [3.05, 3.63) is 83.3 Å². The number of nitrogens with one attached hydrogen (secondary N) is 1. The van der Waals surface area contributed by atoms with Crippen molar-refractivity contribution >= 4 is 17.5 Å². The molecule has 2 bridgehead atoms. The summed E-state index contributed by atoms with van der Waals surface area (Å²) in [6.07, 6.45) is 12.5. The van der Waals surface area contributed by atoms with Crippen LogP contribution < -0.4 is 0 Å². The molecule has 250 valence electrons. The summed E-state index contributed by atoms with van der Waals surface area (Å²) >= 11 is 0. The molecule has 6 nitrogen and oxygen atoms in total. The summed E-state index contributed by atoms with van der Waals surface area (Å²) < 4.78 is 5.75. The number of fused-ring (bicyclic) bond motifs is 7. The first-order valence-electron chi connectivity index (χ1n) is 18.8. The van der Waals surface area contributed by atoms with Gasteiger partial charge in [0.1, 0.15) is 11.4 Å². The van der Waals surface area contributed by atoms with Crippen LogP contribution in [0, 0.1) is 11.8 Å². The van der Waals surface area contributed by atoms with Gasteiger partial charge in [0.05, 0.1) is 23.6 Å². The number of rotatable bonds is 5. The van der Waals surface area contributed by atoms with E-state index >= 15 is 0 Å². The molecule has 2 aliphatic heterocycles. The second-order valence-corrected chi connectivity index (χ2v) is 16.8. The topological polar surface area (TPSA) is 70.6 Å². The Morgan fingerprint density at radius 3 is 2.24 bits per heavy atom. The fraction of sp³-hybridized carbons (Fsp3) is 0.465. The first-order chi connectivity index (χ1) is 23.8. The SMILES string of the molecule is CC(C)(C)OC(=O)N1CCC[C@H]1C1=Nc2ccc(-c3ccc(-c4ccc(-c5cnc(C6CC7CC7C6)[nH]5)cc4)c4c3C3CCC4C3)cc2C1. The fourth-order valence-corrected chi connectivity index (χ4v) is 10.2. The summed E-state index contributed by atoms with van der Waals surface area (Å²) in [6, 6.07) is 20.8. The van der Waals surface area contributed by atoms with Gasteiger partial charge in [-0.3, -0.25) is 9.89 Å². The minimum absolute atomic E-state index is 0.0180. The normalized spacial score (nSPS) is 27.7. The first kappa shape index (κ1) is 29.7. The smallest absolute Gasteiger partial charge is 0.410 e. The van der Waals surface area contributed by atoms with Crippen molar-refractivity contribution in [3.8, 4) is 33.5 Å². The molecular weight excluding hydrogens is 604 g/mol. The summed E-state index contributed by atoms with van der Waals surface area (Å²) in [5.74, 6) is 5.02. The van der Waals surface area contributed by atoms with E-state index in [1.54, 1.807) is 11.1 Å². The number of aromatic nitrogens is 2. The highest BCUT2D eigenvalue weighted by Gasteiger charge is 2.47. The lowest BCUT2D eigenvalue weighted by atomic mass is 9.81. The molecule has 5 atom stereocenters. The van der Waals surface area contributed by atoms with Crippen LogP contribution >= 0.6 is 0 Å². The summed E-state index contributed by atoms with van der Waals surface area (Å²) in [5, 5.41) is 0. The maximum atomic E-state index is 13.0. The van der Waals surface area contributed by atoms with Gasteiger partial charge in [-0.2, -0.15) is 0 Å². The molecular formula is C43H46N4O2. The molecule has 3 saturated carbocycles. The molecule has 1 aromatic heterocycles. The zero-order valence-electron chi connectivity index (χ0n) is 29.0. The molecule has 6 aliphatic rings. The van der Waals surface area contributed by atoms with Gasteiger partial charge in [-0.1, -0.05) is 42.5 Å². The van der Waals surface area contributed by atoms with Crippen LogP contribution in [0.15, 0.2) is 65.8 Å². The van der Waals surface area contributed by atoms with E-state index in [4.69, 9.17) is 14.7 Å². The number of amides is 1. The molecule has 0 radical (unpaired) electrons. The Bertz CT molecular complexity index is 2010. The molecule has 4 aromatic rings. The molecule has 0 spiro atoms. The Morgan fingerprint density at radius 1 is 0.816 bits per heavy atom. The lowest BCUT2D eigenvalue weighted by Gasteiger charge is -2.28. The van der Waals surface area contributed by atoms with Crippen LogP contribution in [0.2, 0.25) is 0 Å². The second-order valence-electron chi connectivity index (χ2n) is 16.8. The van der Waals surface area contributed by atoms with Gasteiger partial charge in [0, 0.05) is 24.6 Å². The highest BCUT2D eigenvalue weighted by atomic mass is 16.6. The van der Waals surface area contributed by atoms with E-state index in [1.807, 2.05) is 31.9 Å². The number of benzene rings is 3. The van der Waals surface area contributed by atoms with Gasteiger partial charge in [-0.05, 0) is 152 Å². The van der Waals surface area contributed by atoms with E-state index in [0.717, 1.165) is 54.7 Å². The van der Waals surface area contributed by atoms with E-state index in [2.05, 4.69) is 59.6 Å². The van der Waals surface area contributed by atoms with Crippen molar-refractivity contribution in [3.63, 3.8) is 0 Å². The number of ether oxygens (including phenoxy) is 1. The lowest BCUT2D eigenvalue weighted by Crippen LogP contribution is -2.43. The van der Waals surface area contributed by atoms with E-state index in [1.165, 1.54) is 77.7 Å². The zero-order chi connectivity index (χ0) is 33.0. The number of hydrogen-bond acceptors (Lipinski definition) is 4. The van der Waals surface area contributed by atoms with Gasteiger partial charge in [-0.15, -0.1) is 0 Å². The molecule has 4 unspecified atom stereocenters. The maximum absolute atomic E-state index is 13.0. The van der Waals surface area contributed by atoms with Crippen LogP contribution in [0.5, 0.6) is 0 Å². The standard InChI is InChI=1S/C43H46N4O2/c1-43(2,3)49-42(48)47-16-4-5-38(47)36-22-31-17-26(12-15-35(31)45-36)34-14-13-33(39-27-10-11-28(18-27)40(34)39)24-6-8-25(9-7-24)37-23-44-41(46-37)32-20-29-19-30(29)21-32/h6-9,12-15,17,23,27-30,32,38H,4-5,10-11,16,18-22H2,1-3H3,(H,44,46)/t27?,28?,29?,30?,32?,38-/m0/s1. The Kier molecular flexibility index (Phi) is 6.61. The van der Waals surface area contributed by atoms with Crippen molar-refractivity contribution < 1.29 is 9.53 Å². The summed E-state index contributed by atoms with van der Waals surface area (Å²) in [4.78, 5) is 28.5. The zero-order valence-corrected chi connectivity index (χ0v) is 29.0. The molecule has 10 rings (SSSR count). The van der Waals surface area contributed by atoms with E-state index in [0.29, 0.717) is 17.8 Å². The Labute approximate surface area is 289 Å². The van der Waals surface area contributed by atoms with E-state index < -0.39 is 5.60 Å². The Hall–Kier alpha value is -4.19. The number of aromatic amines is 1. The molecule has 1 amide bonds. The number of carbonyl (C=O) groups is 1. The number of aliphatic imine (C=N–C) groups is 1. The third-order valence-corrected chi connectivity index (χ3v) is 12.6. The van der Waals surface area contributed by atoms with Crippen LogP contribution in [0.3, 0.4) is 0 Å². The Morgan fingerprint density at radius 2 is 1.51 bits per heavy atom. The lowest BCUT2D eigenvalue weighted by molar-refractivity contribution is 0.0265. The molecule has 3 aromatic carbocycles. The summed E-state index contributed by atoms with van der Waals surface area (Å²) in [7, 11) is 0. The summed E-state index contributed by atoms with van der Waals surface area (Å²) in [6.45, 7) is 6.52. The quantitative estimate of drug-likeness (QED) is 0.234. The Balaban J connectivity index is 0.911. The van der Waals surface area contributed by atoms with Gasteiger partial charge in [0.2, 0.25) is 0 Å². The van der Waals surface area contributed by atoms with Gasteiger partial charge in [0.25, 0.3) is 0 Å². The molecule has 4 fully saturated rings. The van der Waals surface area contributed by atoms with Gasteiger partial charge in [-0.25, -0.2) is 9.78 Å². The fourth-order valence-electron chi connectivity index (χ4n) is 10.2. The second kappa shape index (κ2) is 10.9. The number of H-pyrrole nitrogens is 1. The van der Waals surface area contributed by atoms with Crippen molar-refractivity contribution in [2.45, 2.75) is 108 Å². The van der Waals surface area contributed by atoms with Gasteiger partial charge >= 0.3 is 6.09 Å². The first-order valence-corrected chi connectivity index (χ1v) is 18.8. The minimum Gasteiger partial charge on any atom is -0.444 e. The predicted molar refractivity (Wildman–Crippen MR) is 195 cm³/mol. The number of hydrogen-bond donors (Lipinski definition) is 1. The molecule has 3 heterocycles. The molecule has 1 saturated heterocycles. The maximum Gasteiger partial charge on any atom is 0.410 e. The van der Waals surface area contributed by atoms with Crippen LogP contribution in [0.4, 0.5) is 10.5 Å². The number of nitrogens with zero attached hydrogens (tertiary/aromatic N) is 3. The predicted octanol–water partition coefficient (Wildman–Crippen LogP) is 10.3. The highest BCUT2D eigenvalue weighted by molar-refractivity contribution is 6.00. The van der Waals surface area contributed by atoms with Gasteiger partial charge in [0.15, 0.2) is 0 Å². The van der Waals surface area contributed by atoms with Crippen molar-refractivity contribution in [1.82, 2.24) is 14.9 Å². The van der Waals surface area contributed by atoms with E-state index in [-0.39, 0.29) is 12.1 Å². The van der Waals surface area contributed by atoms with Crippen LogP contribution in [-0.4, -0.2) is 44.9 Å². The number of carbonyl (C=O) groups excluding carboxylic acids is 1. The average Bonchev–Trinajstić information content (AvgIpc) is 3.83. The van der Waals surface area contributed by atoms with E-state index in [9.17, 15) is 4.79 Å². The van der Waals surface area contributed by atoms with Gasteiger partial charge < -0.3 is 9.72 Å². The molecule has 4 aliphatic carbocycles. The molecule has 6 heteroatoms. The number of likely N-dealkylation sites (tertiary alicyclic amines) is 1. The van der Waals surface area contributed by atoms with Crippen LogP contribution in [-0.2, 0) is 11.2 Å². The summed E-state index contributed by atoms with van der Waals surface area (Å²) in [5.41, 5.74) is 13.8. The third kappa shape index (κ3) is 5.08.